The molecule has 0 radical (unpaired) electrons. The minimum Gasteiger partial charge on any atom is -0.207 e. The maximum absolute atomic E-state index is 11.0. The third-order valence-electron chi connectivity index (χ3n) is 1.54. The Morgan fingerprint density at radius 3 is 2.36 bits per heavy atom. The molecule has 0 fully saturated rings. The van der Waals surface area contributed by atoms with Crippen LogP contribution in [0.4, 0.5) is 5.69 Å². The number of nitrogens with zero attached hydrogens (tertiary/aromatic N) is 1. The highest BCUT2D eigenvalue weighted by atomic mass is 35.7. The monoisotopic (exact) mass is 254 g/mol. The van der Waals surface area contributed by atoms with Crippen molar-refractivity contribution in [2.75, 3.05) is 7.05 Å². The smallest absolute Gasteiger partial charge is 0.207 e. The molecule has 4 nitrogen and oxygen atoms in total. The van der Waals surface area contributed by atoms with Crippen LogP contribution in [0, 0.1) is 4.91 Å². The van der Waals surface area contributed by atoms with Gasteiger partial charge in [-0.15, -0.1) is 0 Å². The van der Waals surface area contributed by atoms with Crippen molar-refractivity contribution in [1.29, 1.82) is 0 Å². The molecular formula is C7H6Cl2NO3S+. The number of benzene rings is 1. The lowest BCUT2D eigenvalue weighted by molar-refractivity contribution is -0.428. The van der Waals surface area contributed by atoms with Gasteiger partial charge < -0.3 is 0 Å². The third-order valence-corrected chi connectivity index (χ3v) is 3.34. The molecule has 0 heterocycles. The molecule has 0 aliphatic carbocycles. The average molecular weight is 255 g/mol. The SMILES string of the molecule is C[N+](=O)c1ccc(Cl)c(S(=O)(=O)Cl)c1. The van der Waals surface area contributed by atoms with Gasteiger partial charge in [0.25, 0.3) is 14.7 Å². The molecule has 0 N–H and O–H groups in total. The van der Waals surface area contributed by atoms with Crippen molar-refractivity contribution in [2.24, 2.45) is 0 Å². The van der Waals surface area contributed by atoms with Crippen LogP contribution in [0.1, 0.15) is 0 Å². The van der Waals surface area contributed by atoms with E-state index in [1.54, 1.807) is 0 Å². The number of halogens is 2. The van der Waals surface area contributed by atoms with E-state index >= 15 is 0 Å². The van der Waals surface area contributed by atoms with E-state index in [0.717, 1.165) is 6.07 Å². The van der Waals surface area contributed by atoms with E-state index in [-0.39, 0.29) is 15.6 Å². The Bertz CT molecular complexity index is 484. The van der Waals surface area contributed by atoms with Crippen LogP contribution >= 0.6 is 22.3 Å². The first-order valence-electron chi connectivity index (χ1n) is 3.47. The van der Waals surface area contributed by atoms with E-state index in [1.807, 2.05) is 0 Å². The number of hydrogen-bond donors (Lipinski definition) is 0. The summed E-state index contributed by atoms with van der Waals surface area (Å²) in [4.78, 5) is 10.6. The molecule has 0 amide bonds. The van der Waals surface area contributed by atoms with Crippen molar-refractivity contribution in [3.05, 3.63) is 28.1 Å². The third kappa shape index (κ3) is 2.43. The maximum Gasteiger partial charge on any atom is 0.263 e. The minimum absolute atomic E-state index is 0.00870. The van der Waals surface area contributed by atoms with Crippen molar-refractivity contribution in [3.8, 4) is 0 Å². The second-order valence-corrected chi connectivity index (χ2v) is 5.49. The molecule has 76 valence electrons. The zero-order valence-electron chi connectivity index (χ0n) is 7.07. The molecule has 0 spiro atoms. The summed E-state index contributed by atoms with van der Waals surface area (Å²) >= 11 is 5.60. The largest absolute Gasteiger partial charge is 0.263 e. The zero-order chi connectivity index (χ0) is 10.9. The summed E-state index contributed by atoms with van der Waals surface area (Å²) in [5, 5.41) is -0.00870. The van der Waals surface area contributed by atoms with Crippen LogP contribution < -0.4 is 0 Å². The molecule has 0 aliphatic rings. The quantitative estimate of drug-likeness (QED) is 0.601. The molecule has 0 atom stereocenters. The molecule has 0 aromatic heterocycles. The lowest BCUT2D eigenvalue weighted by Crippen LogP contribution is -1.96. The summed E-state index contributed by atoms with van der Waals surface area (Å²) in [6.07, 6.45) is 0. The Morgan fingerprint density at radius 2 is 1.93 bits per heavy atom. The van der Waals surface area contributed by atoms with Crippen LogP contribution in [0.3, 0.4) is 0 Å². The van der Waals surface area contributed by atoms with Crippen LogP contribution in [-0.4, -0.2) is 20.2 Å². The van der Waals surface area contributed by atoms with Gasteiger partial charge in [-0.2, -0.15) is 0 Å². The topological polar surface area (TPSA) is 54.2 Å². The van der Waals surface area contributed by atoms with E-state index < -0.39 is 9.05 Å². The highest BCUT2D eigenvalue weighted by molar-refractivity contribution is 8.13. The lowest BCUT2D eigenvalue weighted by atomic mass is 10.3. The van der Waals surface area contributed by atoms with Crippen molar-refractivity contribution in [3.63, 3.8) is 0 Å². The van der Waals surface area contributed by atoms with Gasteiger partial charge in [-0.25, -0.2) is 8.42 Å². The van der Waals surface area contributed by atoms with Crippen molar-refractivity contribution < 1.29 is 13.2 Å². The Balaban J connectivity index is 3.44. The van der Waals surface area contributed by atoms with Crippen LogP contribution in [0.5, 0.6) is 0 Å². The summed E-state index contributed by atoms with van der Waals surface area (Å²) in [5.74, 6) is 0. The normalized spacial score (nSPS) is 11.4. The van der Waals surface area contributed by atoms with Crippen molar-refractivity contribution in [1.82, 2.24) is 0 Å². The van der Waals surface area contributed by atoms with Crippen molar-refractivity contribution in [2.45, 2.75) is 4.90 Å². The fourth-order valence-electron chi connectivity index (χ4n) is 0.875. The Labute approximate surface area is 90.4 Å². The molecule has 7 heteroatoms. The van der Waals surface area contributed by atoms with Gasteiger partial charge in [0.2, 0.25) is 0 Å². The molecular weight excluding hydrogens is 249 g/mol. The van der Waals surface area contributed by atoms with Gasteiger partial charge in [-0.3, -0.25) is 0 Å². The van der Waals surface area contributed by atoms with Gasteiger partial charge in [0.15, 0.2) is 7.05 Å². The molecule has 0 saturated heterocycles. The first kappa shape index (κ1) is 11.4. The van der Waals surface area contributed by atoms with E-state index in [9.17, 15) is 13.3 Å². The van der Waals surface area contributed by atoms with Crippen LogP contribution in [-0.2, 0) is 9.05 Å². The second-order valence-electron chi connectivity index (χ2n) is 2.55. The summed E-state index contributed by atoms with van der Waals surface area (Å²) in [6, 6.07) is 3.83. The van der Waals surface area contributed by atoms with Gasteiger partial charge in [0, 0.05) is 32.5 Å². The predicted octanol–water partition coefficient (Wildman–Crippen LogP) is 2.31. The van der Waals surface area contributed by atoms with Gasteiger partial charge in [0.1, 0.15) is 4.90 Å². The van der Waals surface area contributed by atoms with Gasteiger partial charge in [-0.05, 0) is 6.07 Å². The molecule has 0 unspecified atom stereocenters. The second kappa shape index (κ2) is 3.84. The fourth-order valence-corrected chi connectivity index (χ4v) is 2.36. The Hall–Kier alpha value is -0.650. The standard InChI is InChI=1S/C7H6Cl2NO3S/c1-10(11)5-2-3-6(8)7(4-5)14(9,12)13/h2-4H,1H3/q+1. The molecule has 0 bridgehead atoms. The fraction of sp³-hybridized carbons (Fsp3) is 0.143. The first-order valence-corrected chi connectivity index (χ1v) is 6.16. The average Bonchev–Trinajstić information content (AvgIpc) is 2.02. The first-order chi connectivity index (χ1) is 6.32. The molecule has 1 aromatic rings. The van der Waals surface area contributed by atoms with E-state index in [1.165, 1.54) is 19.2 Å². The summed E-state index contributed by atoms with van der Waals surface area (Å²) in [5.41, 5.74) is 0.175. The summed E-state index contributed by atoms with van der Waals surface area (Å²) in [6.45, 7) is 0. The Morgan fingerprint density at radius 1 is 1.36 bits per heavy atom. The van der Waals surface area contributed by atoms with Crippen LogP contribution in [0.2, 0.25) is 5.02 Å². The predicted molar refractivity (Wildman–Crippen MR) is 53.7 cm³/mol. The molecule has 0 aliphatic heterocycles. The number of hydrogen-bond acceptors (Lipinski definition) is 3. The molecule has 14 heavy (non-hydrogen) atoms. The number of rotatable bonds is 2. The minimum atomic E-state index is -3.91. The molecule has 1 aromatic carbocycles. The molecule has 1 rings (SSSR count). The maximum atomic E-state index is 11.0. The molecule has 0 saturated carbocycles. The highest BCUT2D eigenvalue weighted by Gasteiger charge is 2.19. The lowest BCUT2D eigenvalue weighted by Gasteiger charge is -1.98. The van der Waals surface area contributed by atoms with E-state index in [2.05, 4.69) is 0 Å². The number of nitroso groups, excluding NO2 is 1. The van der Waals surface area contributed by atoms with Crippen LogP contribution in [0.25, 0.3) is 0 Å². The summed E-state index contributed by atoms with van der Waals surface area (Å²) in [7, 11) is 2.44. The van der Waals surface area contributed by atoms with Crippen LogP contribution in [0.15, 0.2) is 23.1 Å². The highest BCUT2D eigenvalue weighted by Crippen LogP contribution is 2.28. The van der Waals surface area contributed by atoms with E-state index in [0.29, 0.717) is 4.76 Å². The van der Waals surface area contributed by atoms with E-state index in [4.69, 9.17) is 22.3 Å². The summed E-state index contributed by atoms with van der Waals surface area (Å²) < 4.78 is 22.5. The van der Waals surface area contributed by atoms with Gasteiger partial charge >= 0.3 is 0 Å². The van der Waals surface area contributed by atoms with Crippen molar-refractivity contribution >= 4 is 37.0 Å². The van der Waals surface area contributed by atoms with Gasteiger partial charge in [0.05, 0.1) is 5.02 Å². The zero-order valence-corrected chi connectivity index (χ0v) is 9.40. The van der Waals surface area contributed by atoms with Gasteiger partial charge in [-0.1, -0.05) is 11.6 Å². The Kier molecular flexibility index (Phi) is 3.14.